The van der Waals surface area contributed by atoms with Crippen molar-refractivity contribution in [3.05, 3.63) is 95.6 Å². The molecule has 0 unspecified atom stereocenters. The van der Waals surface area contributed by atoms with Crippen molar-refractivity contribution in [3.8, 4) is 0 Å². The number of hydrogen-bond acceptors (Lipinski definition) is 4. The van der Waals surface area contributed by atoms with E-state index in [0.717, 1.165) is 30.5 Å². The van der Waals surface area contributed by atoms with Crippen molar-refractivity contribution in [1.29, 1.82) is 0 Å². The number of aromatic nitrogens is 3. The zero-order valence-electron chi connectivity index (χ0n) is 21.2. The third-order valence-electron chi connectivity index (χ3n) is 7.11. The molecule has 2 amide bonds. The Labute approximate surface area is 223 Å². The molecule has 0 atom stereocenters. The molecular formula is C29H28F3N5O2. The van der Waals surface area contributed by atoms with Gasteiger partial charge in [0.2, 0.25) is 11.7 Å². The van der Waals surface area contributed by atoms with Crippen molar-refractivity contribution in [1.82, 2.24) is 19.3 Å². The summed E-state index contributed by atoms with van der Waals surface area (Å²) in [5.41, 5.74) is 2.47. The number of nitrogens with one attached hydrogen (secondary N) is 1. The van der Waals surface area contributed by atoms with Crippen LogP contribution in [-0.2, 0) is 17.4 Å². The third-order valence-corrected chi connectivity index (χ3v) is 7.11. The number of anilines is 1. The maximum absolute atomic E-state index is 13.0. The van der Waals surface area contributed by atoms with Gasteiger partial charge in [0.15, 0.2) is 0 Å². The van der Waals surface area contributed by atoms with Crippen molar-refractivity contribution in [2.75, 3.05) is 18.4 Å². The molecule has 4 aromatic rings. The highest BCUT2D eigenvalue weighted by molar-refractivity contribution is 5.93. The van der Waals surface area contributed by atoms with Gasteiger partial charge >= 0.3 is 6.18 Å². The highest BCUT2D eigenvalue weighted by Gasteiger charge is 2.30. The van der Waals surface area contributed by atoms with Crippen LogP contribution in [0.1, 0.15) is 58.8 Å². The molecule has 0 radical (unpaired) electrons. The zero-order valence-corrected chi connectivity index (χ0v) is 21.2. The summed E-state index contributed by atoms with van der Waals surface area (Å²) in [5, 5.41) is 2.89. The Balaban J connectivity index is 1.07. The molecule has 1 aliphatic heterocycles. The van der Waals surface area contributed by atoms with Crippen LogP contribution in [0.25, 0.3) is 5.78 Å². The van der Waals surface area contributed by atoms with Crippen LogP contribution in [0, 0.1) is 0 Å². The number of carbonyl (C=O) groups excluding carboxylic acids is 2. The Bertz CT molecular complexity index is 1440. The Morgan fingerprint density at radius 2 is 1.69 bits per heavy atom. The van der Waals surface area contributed by atoms with Crippen LogP contribution in [0.5, 0.6) is 0 Å². The van der Waals surface area contributed by atoms with Crippen molar-refractivity contribution in [2.45, 2.75) is 44.2 Å². The minimum atomic E-state index is -4.35. The van der Waals surface area contributed by atoms with Gasteiger partial charge in [-0.3, -0.25) is 14.0 Å². The number of fused-ring (bicyclic) bond motifs is 1. The number of halogens is 3. The van der Waals surface area contributed by atoms with Gasteiger partial charge in [0.05, 0.1) is 11.8 Å². The van der Waals surface area contributed by atoms with E-state index in [-0.39, 0.29) is 18.2 Å². The lowest BCUT2D eigenvalue weighted by Crippen LogP contribution is -2.38. The number of alkyl halides is 3. The molecule has 5 rings (SSSR count). The van der Waals surface area contributed by atoms with Gasteiger partial charge in [-0.25, -0.2) is 9.97 Å². The van der Waals surface area contributed by atoms with Crippen LogP contribution in [0.2, 0.25) is 0 Å². The molecule has 2 aromatic carbocycles. The largest absolute Gasteiger partial charge is 0.416 e. The third kappa shape index (κ3) is 6.27. The number of rotatable bonds is 7. The highest BCUT2D eigenvalue weighted by atomic mass is 19.4. The molecule has 1 N–H and O–H groups in total. The monoisotopic (exact) mass is 535 g/mol. The summed E-state index contributed by atoms with van der Waals surface area (Å²) in [6.45, 7) is 1.29. The average Bonchev–Trinajstić information content (AvgIpc) is 3.37. The number of imidazole rings is 1. The number of aryl methyl sites for hydroxylation is 1. The van der Waals surface area contributed by atoms with E-state index in [9.17, 15) is 22.8 Å². The fourth-order valence-electron chi connectivity index (χ4n) is 4.94. The van der Waals surface area contributed by atoms with Crippen molar-refractivity contribution < 1.29 is 22.8 Å². The smallest absolute Gasteiger partial charge is 0.337 e. The fraction of sp³-hybridized carbons (Fsp3) is 0.310. The first-order chi connectivity index (χ1) is 18.8. The number of nitrogens with zero attached hydrogens (tertiary/aromatic N) is 4. The highest BCUT2D eigenvalue weighted by Crippen LogP contribution is 2.30. The van der Waals surface area contributed by atoms with E-state index < -0.39 is 11.7 Å². The predicted octanol–water partition coefficient (Wildman–Crippen LogP) is 5.73. The number of carbonyl (C=O) groups is 2. The molecule has 202 valence electrons. The number of likely N-dealkylation sites (tertiary alicyclic amines) is 1. The lowest BCUT2D eigenvalue weighted by molar-refractivity contribution is -0.137. The molecule has 2 aromatic heterocycles. The van der Waals surface area contributed by atoms with Gasteiger partial charge in [-0.05, 0) is 73.1 Å². The first-order valence-corrected chi connectivity index (χ1v) is 12.9. The Hall–Kier alpha value is -4.21. The van der Waals surface area contributed by atoms with Crippen molar-refractivity contribution in [3.63, 3.8) is 0 Å². The summed E-state index contributed by atoms with van der Waals surface area (Å²) in [6.07, 6.45) is 3.68. The van der Waals surface area contributed by atoms with Crippen LogP contribution in [0.15, 0.2) is 73.2 Å². The van der Waals surface area contributed by atoms with E-state index in [2.05, 4.69) is 15.3 Å². The topological polar surface area (TPSA) is 79.6 Å². The van der Waals surface area contributed by atoms with E-state index in [1.54, 1.807) is 29.1 Å². The molecule has 1 fully saturated rings. The summed E-state index contributed by atoms with van der Waals surface area (Å²) in [4.78, 5) is 35.6. The number of piperidine rings is 1. The van der Waals surface area contributed by atoms with Crippen LogP contribution >= 0.6 is 0 Å². The number of amides is 2. The van der Waals surface area contributed by atoms with Gasteiger partial charge in [-0.1, -0.05) is 24.3 Å². The molecule has 39 heavy (non-hydrogen) atoms. The molecule has 1 aliphatic rings. The molecular weight excluding hydrogens is 507 g/mol. The molecule has 0 bridgehead atoms. The maximum atomic E-state index is 13.0. The fourth-order valence-corrected chi connectivity index (χ4v) is 4.94. The summed E-state index contributed by atoms with van der Waals surface area (Å²) < 4.78 is 39.7. The maximum Gasteiger partial charge on any atom is 0.416 e. The van der Waals surface area contributed by atoms with E-state index in [1.165, 1.54) is 17.7 Å². The standard InChI is InChI=1S/C29H28F3N5O2/c30-29(31,32)23-9-5-20(6-10-23)3-1-4-26(38)35-24-11-7-21(8-12-24)22-13-17-36(18-14-22)27(39)25-19-34-28-33-15-2-16-37(25)28/h2,5-12,15-16,19,22H,1,3-4,13-14,17-18H2,(H,35,38). The normalized spacial score (nSPS) is 14.5. The SMILES string of the molecule is O=C(CCCc1ccc(C(F)(F)F)cc1)Nc1ccc(C2CCN(C(=O)c3cnc4ncccn34)CC2)cc1. The van der Waals surface area contributed by atoms with E-state index in [1.807, 2.05) is 29.2 Å². The molecule has 0 saturated carbocycles. The second-order valence-corrected chi connectivity index (χ2v) is 9.72. The van der Waals surface area contributed by atoms with Crippen molar-refractivity contribution >= 4 is 23.3 Å². The Kier molecular flexibility index (Phi) is 7.63. The quantitative estimate of drug-likeness (QED) is 0.328. The molecule has 10 heteroatoms. The first-order valence-electron chi connectivity index (χ1n) is 12.9. The van der Waals surface area contributed by atoms with E-state index >= 15 is 0 Å². The van der Waals surface area contributed by atoms with Crippen LogP contribution in [0.3, 0.4) is 0 Å². The van der Waals surface area contributed by atoms with E-state index in [4.69, 9.17) is 0 Å². The predicted molar refractivity (Wildman–Crippen MR) is 140 cm³/mol. The van der Waals surface area contributed by atoms with Gasteiger partial charge in [0.1, 0.15) is 5.69 Å². The number of hydrogen-bond donors (Lipinski definition) is 1. The van der Waals surface area contributed by atoms with Crippen LogP contribution < -0.4 is 5.32 Å². The molecule has 3 heterocycles. The van der Waals surface area contributed by atoms with Gasteiger partial charge < -0.3 is 10.2 Å². The average molecular weight is 536 g/mol. The summed E-state index contributed by atoms with van der Waals surface area (Å²) in [7, 11) is 0. The van der Waals surface area contributed by atoms with Crippen molar-refractivity contribution in [2.24, 2.45) is 0 Å². The Morgan fingerprint density at radius 3 is 2.38 bits per heavy atom. The minimum absolute atomic E-state index is 0.0506. The molecule has 7 nitrogen and oxygen atoms in total. The molecule has 1 saturated heterocycles. The Morgan fingerprint density at radius 1 is 0.974 bits per heavy atom. The second kappa shape index (κ2) is 11.3. The summed E-state index contributed by atoms with van der Waals surface area (Å²) in [5.74, 6) is 0.642. The van der Waals surface area contributed by atoms with Gasteiger partial charge in [0.25, 0.3) is 5.91 Å². The van der Waals surface area contributed by atoms with Gasteiger partial charge in [-0.15, -0.1) is 0 Å². The van der Waals surface area contributed by atoms with Crippen LogP contribution in [-0.4, -0.2) is 44.2 Å². The van der Waals surface area contributed by atoms with Crippen LogP contribution in [0.4, 0.5) is 18.9 Å². The summed E-state index contributed by atoms with van der Waals surface area (Å²) >= 11 is 0. The minimum Gasteiger partial charge on any atom is -0.337 e. The lowest BCUT2D eigenvalue weighted by Gasteiger charge is -2.32. The second-order valence-electron chi connectivity index (χ2n) is 9.72. The zero-order chi connectivity index (χ0) is 27.4. The molecule has 0 spiro atoms. The van der Waals surface area contributed by atoms with E-state index in [0.29, 0.717) is 49.0 Å². The lowest BCUT2D eigenvalue weighted by atomic mass is 9.89. The van der Waals surface area contributed by atoms with Gasteiger partial charge in [0, 0.05) is 37.6 Å². The van der Waals surface area contributed by atoms with Gasteiger partial charge in [-0.2, -0.15) is 13.2 Å². The first kappa shape index (κ1) is 26.4. The molecule has 0 aliphatic carbocycles. The summed E-state index contributed by atoms with van der Waals surface area (Å²) in [6, 6.07) is 14.6. The number of benzene rings is 2.